The number of benzene rings is 3. The van der Waals surface area contributed by atoms with Crippen LogP contribution in [0.2, 0.25) is 0 Å². The molecule has 1 unspecified atom stereocenters. The number of hydrogen-bond acceptors (Lipinski definition) is 4. The van der Waals surface area contributed by atoms with Gasteiger partial charge in [-0.25, -0.2) is 0 Å². The number of aromatic nitrogens is 1. The van der Waals surface area contributed by atoms with Crippen LogP contribution in [0.1, 0.15) is 17.0 Å². The van der Waals surface area contributed by atoms with Crippen LogP contribution in [0.5, 0.6) is 0 Å². The molecule has 0 fully saturated rings. The van der Waals surface area contributed by atoms with Crippen molar-refractivity contribution < 1.29 is 15.0 Å². The summed E-state index contributed by atoms with van der Waals surface area (Å²) >= 11 is 0. The molecule has 4 aromatic rings. The summed E-state index contributed by atoms with van der Waals surface area (Å²) in [6.45, 7) is -0.313. The molecule has 0 aliphatic carbocycles. The molecule has 7 heteroatoms. The summed E-state index contributed by atoms with van der Waals surface area (Å²) in [7, 11) is -1.69. The molecule has 1 aromatic heterocycles. The summed E-state index contributed by atoms with van der Waals surface area (Å²) in [5, 5.41) is 32.1. The average molecular weight is 386 g/mol. The molecule has 29 heavy (non-hydrogen) atoms. The van der Waals surface area contributed by atoms with Crippen LogP contribution < -0.4 is 5.46 Å². The van der Waals surface area contributed by atoms with Crippen LogP contribution in [0, 0.1) is 10.1 Å². The van der Waals surface area contributed by atoms with Crippen LogP contribution in [-0.4, -0.2) is 33.6 Å². The number of aromatic amines is 1. The summed E-state index contributed by atoms with van der Waals surface area (Å²) in [5.41, 5.74) is 4.13. The van der Waals surface area contributed by atoms with Crippen molar-refractivity contribution >= 4 is 23.5 Å². The normalized spacial score (nSPS) is 12.1. The molecule has 3 aromatic carbocycles. The third-order valence-electron chi connectivity index (χ3n) is 5.12. The molecule has 0 radical (unpaired) electrons. The first-order chi connectivity index (χ1) is 14.1. The number of hydrogen-bond donors (Lipinski definition) is 3. The highest BCUT2D eigenvalue weighted by molar-refractivity contribution is 6.62. The van der Waals surface area contributed by atoms with E-state index in [0.717, 1.165) is 16.8 Å². The Bertz CT molecular complexity index is 1140. The first-order valence-electron chi connectivity index (χ1n) is 9.29. The van der Waals surface area contributed by atoms with Gasteiger partial charge in [0.05, 0.1) is 11.6 Å². The highest BCUT2D eigenvalue weighted by atomic mass is 16.6. The van der Waals surface area contributed by atoms with Crippen molar-refractivity contribution in [1.82, 2.24) is 4.98 Å². The number of nitrogens with zero attached hydrogens (tertiary/aromatic N) is 1. The highest BCUT2D eigenvalue weighted by Crippen LogP contribution is 2.38. The number of H-pyrrole nitrogens is 1. The minimum absolute atomic E-state index is 0.313. The molecule has 1 atom stereocenters. The Morgan fingerprint density at radius 3 is 2.21 bits per heavy atom. The third-order valence-corrected chi connectivity index (χ3v) is 5.12. The minimum Gasteiger partial charge on any atom is -0.423 e. The van der Waals surface area contributed by atoms with Gasteiger partial charge >= 0.3 is 7.12 Å². The molecule has 144 valence electrons. The van der Waals surface area contributed by atoms with Crippen molar-refractivity contribution in [2.75, 3.05) is 6.54 Å². The van der Waals surface area contributed by atoms with Crippen LogP contribution in [-0.2, 0) is 0 Å². The van der Waals surface area contributed by atoms with E-state index in [2.05, 4.69) is 4.98 Å². The first kappa shape index (κ1) is 18.9. The van der Waals surface area contributed by atoms with E-state index in [0.29, 0.717) is 21.9 Å². The van der Waals surface area contributed by atoms with Crippen LogP contribution in [0.15, 0.2) is 78.9 Å². The predicted octanol–water partition coefficient (Wildman–Crippen LogP) is 2.92. The van der Waals surface area contributed by atoms with Gasteiger partial charge < -0.3 is 15.0 Å². The van der Waals surface area contributed by atoms with Crippen molar-refractivity contribution in [2.45, 2.75) is 5.92 Å². The summed E-state index contributed by atoms with van der Waals surface area (Å²) in [5.74, 6) is -0.560. The fourth-order valence-corrected chi connectivity index (χ4v) is 3.90. The second kappa shape index (κ2) is 7.91. The lowest BCUT2D eigenvalue weighted by Gasteiger charge is -2.17. The Balaban J connectivity index is 2.07. The summed E-state index contributed by atoms with van der Waals surface area (Å²) in [6.07, 6.45) is 0. The SMILES string of the molecule is O=[N+]([O-])CC(c1ccccc1)c1c(-c2ccccc2)[nH]c2cccc(B(O)O)c12. The molecule has 4 rings (SSSR count). The summed E-state index contributed by atoms with van der Waals surface area (Å²) in [6, 6.07) is 24.0. The van der Waals surface area contributed by atoms with E-state index in [1.54, 1.807) is 12.1 Å². The molecule has 1 heterocycles. The summed E-state index contributed by atoms with van der Waals surface area (Å²) in [4.78, 5) is 14.6. The van der Waals surface area contributed by atoms with Gasteiger partial charge in [0.25, 0.3) is 0 Å². The van der Waals surface area contributed by atoms with E-state index < -0.39 is 13.0 Å². The van der Waals surface area contributed by atoms with Gasteiger partial charge in [-0.15, -0.1) is 0 Å². The van der Waals surface area contributed by atoms with E-state index in [-0.39, 0.29) is 11.5 Å². The van der Waals surface area contributed by atoms with Crippen molar-refractivity contribution in [3.63, 3.8) is 0 Å². The Labute approximate surface area is 167 Å². The molecule has 0 spiro atoms. The molecule has 0 saturated carbocycles. The average Bonchev–Trinajstić information content (AvgIpc) is 3.12. The molecule has 0 saturated heterocycles. The Morgan fingerprint density at radius 1 is 0.931 bits per heavy atom. The van der Waals surface area contributed by atoms with E-state index in [1.165, 1.54) is 0 Å². The van der Waals surface area contributed by atoms with Crippen molar-refractivity contribution in [2.24, 2.45) is 0 Å². The lowest BCUT2D eigenvalue weighted by atomic mass is 9.75. The number of nitro groups is 1. The second-order valence-corrected chi connectivity index (χ2v) is 6.90. The monoisotopic (exact) mass is 386 g/mol. The van der Waals surface area contributed by atoms with Gasteiger partial charge in [-0.05, 0) is 28.2 Å². The van der Waals surface area contributed by atoms with Crippen molar-refractivity contribution in [1.29, 1.82) is 0 Å². The molecule has 0 aliphatic rings. The standard InChI is InChI=1S/C22H19BN2O4/c26-23(27)18-12-7-13-19-21(18)20(22(24-19)16-10-5-2-6-11-16)17(14-25(28)29)15-8-3-1-4-9-15/h1-13,17,24,26-27H,14H2. The van der Waals surface area contributed by atoms with Gasteiger partial charge in [-0.3, -0.25) is 10.1 Å². The molecule has 0 amide bonds. The van der Waals surface area contributed by atoms with E-state index in [9.17, 15) is 20.2 Å². The topological polar surface area (TPSA) is 99.4 Å². The van der Waals surface area contributed by atoms with Crippen molar-refractivity contribution in [3.8, 4) is 11.3 Å². The van der Waals surface area contributed by atoms with E-state index in [4.69, 9.17) is 0 Å². The zero-order valence-electron chi connectivity index (χ0n) is 15.5. The maximum Gasteiger partial charge on any atom is 0.489 e. The maximum atomic E-state index is 11.6. The summed E-state index contributed by atoms with van der Waals surface area (Å²) < 4.78 is 0. The maximum absolute atomic E-state index is 11.6. The van der Waals surface area contributed by atoms with Gasteiger partial charge in [0, 0.05) is 15.8 Å². The van der Waals surface area contributed by atoms with E-state index in [1.807, 2.05) is 66.7 Å². The fourth-order valence-electron chi connectivity index (χ4n) is 3.90. The number of rotatable bonds is 6. The third kappa shape index (κ3) is 3.65. The number of fused-ring (bicyclic) bond motifs is 1. The molecule has 0 bridgehead atoms. The van der Waals surface area contributed by atoms with Crippen LogP contribution in [0.4, 0.5) is 0 Å². The molecular formula is C22H19BN2O4. The Kier molecular flexibility index (Phi) is 5.16. The van der Waals surface area contributed by atoms with Crippen LogP contribution >= 0.6 is 0 Å². The van der Waals surface area contributed by atoms with E-state index >= 15 is 0 Å². The Hall–Kier alpha value is -3.42. The van der Waals surface area contributed by atoms with Gasteiger partial charge in [0.15, 0.2) is 0 Å². The Morgan fingerprint density at radius 2 is 1.59 bits per heavy atom. The predicted molar refractivity (Wildman–Crippen MR) is 114 cm³/mol. The van der Waals surface area contributed by atoms with Gasteiger partial charge in [0.2, 0.25) is 6.54 Å². The lowest BCUT2D eigenvalue weighted by molar-refractivity contribution is -0.481. The largest absolute Gasteiger partial charge is 0.489 e. The van der Waals surface area contributed by atoms with Crippen molar-refractivity contribution in [3.05, 3.63) is 100 Å². The van der Waals surface area contributed by atoms with Gasteiger partial charge in [-0.1, -0.05) is 72.8 Å². The first-order valence-corrected chi connectivity index (χ1v) is 9.29. The van der Waals surface area contributed by atoms with Crippen LogP contribution in [0.3, 0.4) is 0 Å². The minimum atomic E-state index is -1.69. The lowest BCUT2D eigenvalue weighted by Crippen LogP contribution is -2.31. The quantitative estimate of drug-likeness (QED) is 0.270. The molecule has 6 nitrogen and oxygen atoms in total. The van der Waals surface area contributed by atoms with Gasteiger partial charge in [0.1, 0.15) is 0 Å². The molecular weight excluding hydrogens is 367 g/mol. The zero-order valence-corrected chi connectivity index (χ0v) is 15.5. The second-order valence-electron chi connectivity index (χ2n) is 6.90. The molecule has 3 N–H and O–H groups in total. The zero-order chi connectivity index (χ0) is 20.4. The molecule has 0 aliphatic heterocycles. The number of nitrogens with one attached hydrogen (secondary N) is 1. The fraction of sp³-hybridized carbons (Fsp3) is 0.0909. The van der Waals surface area contributed by atoms with Crippen LogP contribution in [0.25, 0.3) is 22.2 Å². The smallest absolute Gasteiger partial charge is 0.423 e. The highest BCUT2D eigenvalue weighted by Gasteiger charge is 2.30. The van der Waals surface area contributed by atoms with Gasteiger partial charge in [-0.2, -0.15) is 0 Å².